The van der Waals surface area contributed by atoms with Crippen LogP contribution in [0.2, 0.25) is 0 Å². The van der Waals surface area contributed by atoms with Gasteiger partial charge in [0, 0.05) is 13.6 Å². The molecule has 0 fully saturated rings. The lowest BCUT2D eigenvalue weighted by atomic mass is 10.1. The molecular formula is C21H26N2O6. The number of furan rings is 1. The Morgan fingerprint density at radius 2 is 1.79 bits per heavy atom. The van der Waals surface area contributed by atoms with Crippen LogP contribution in [0.5, 0.6) is 0 Å². The fourth-order valence-electron chi connectivity index (χ4n) is 2.29. The summed E-state index contributed by atoms with van der Waals surface area (Å²) in [6.45, 7) is 5.55. The first-order chi connectivity index (χ1) is 13.6. The van der Waals surface area contributed by atoms with E-state index in [4.69, 9.17) is 13.9 Å². The van der Waals surface area contributed by atoms with Crippen molar-refractivity contribution in [2.75, 3.05) is 13.7 Å². The van der Waals surface area contributed by atoms with E-state index >= 15 is 0 Å². The quantitative estimate of drug-likeness (QED) is 0.715. The van der Waals surface area contributed by atoms with E-state index in [-0.39, 0.29) is 19.1 Å². The first-order valence-electron chi connectivity index (χ1n) is 9.13. The van der Waals surface area contributed by atoms with Gasteiger partial charge < -0.3 is 24.1 Å². The van der Waals surface area contributed by atoms with Gasteiger partial charge in [0.15, 0.2) is 6.61 Å². The minimum atomic E-state index is -0.601. The van der Waals surface area contributed by atoms with Crippen LogP contribution in [0.4, 0.5) is 4.79 Å². The Balaban J connectivity index is 1.78. The van der Waals surface area contributed by atoms with Gasteiger partial charge in [0.05, 0.1) is 18.4 Å². The highest BCUT2D eigenvalue weighted by Gasteiger charge is 2.16. The maximum Gasteiger partial charge on any atom is 0.407 e. The Morgan fingerprint density at radius 1 is 1.10 bits per heavy atom. The van der Waals surface area contributed by atoms with Crippen LogP contribution in [0, 0.1) is 0 Å². The van der Waals surface area contributed by atoms with E-state index in [1.54, 1.807) is 64.2 Å². The zero-order valence-electron chi connectivity index (χ0n) is 17.1. The molecule has 0 spiro atoms. The molecule has 8 heteroatoms. The molecule has 0 bridgehead atoms. The zero-order valence-corrected chi connectivity index (χ0v) is 17.1. The number of esters is 1. The summed E-state index contributed by atoms with van der Waals surface area (Å²) in [5.41, 5.74) is 0.537. The van der Waals surface area contributed by atoms with E-state index < -0.39 is 17.7 Å². The molecule has 0 saturated heterocycles. The molecule has 0 radical (unpaired) electrons. The number of nitrogens with zero attached hydrogens (tertiary/aromatic N) is 1. The summed E-state index contributed by atoms with van der Waals surface area (Å²) in [5, 5.41) is 2.64. The number of alkyl carbamates (subject to hydrolysis) is 1. The highest BCUT2D eigenvalue weighted by Crippen LogP contribution is 2.09. The van der Waals surface area contributed by atoms with Crippen molar-refractivity contribution in [2.24, 2.45) is 0 Å². The van der Waals surface area contributed by atoms with Gasteiger partial charge >= 0.3 is 12.1 Å². The van der Waals surface area contributed by atoms with E-state index in [1.165, 1.54) is 11.2 Å². The van der Waals surface area contributed by atoms with Crippen molar-refractivity contribution in [1.29, 1.82) is 0 Å². The minimum absolute atomic E-state index is 0.264. The first kappa shape index (κ1) is 22.0. The van der Waals surface area contributed by atoms with Crippen LogP contribution < -0.4 is 5.32 Å². The van der Waals surface area contributed by atoms with Crippen LogP contribution in [0.25, 0.3) is 0 Å². The van der Waals surface area contributed by atoms with Gasteiger partial charge in [-0.1, -0.05) is 12.1 Å². The van der Waals surface area contributed by atoms with E-state index in [0.29, 0.717) is 17.9 Å². The molecule has 0 aliphatic heterocycles. The predicted molar refractivity (Wildman–Crippen MR) is 105 cm³/mol. The summed E-state index contributed by atoms with van der Waals surface area (Å²) in [5.74, 6) is -0.299. The van der Waals surface area contributed by atoms with Crippen molar-refractivity contribution in [2.45, 2.75) is 39.5 Å². The van der Waals surface area contributed by atoms with Crippen LogP contribution >= 0.6 is 0 Å². The average molecular weight is 402 g/mol. The average Bonchev–Trinajstić information content (AvgIpc) is 3.16. The van der Waals surface area contributed by atoms with E-state index in [1.807, 2.05) is 0 Å². The second-order valence-electron chi connectivity index (χ2n) is 7.46. The van der Waals surface area contributed by atoms with Crippen molar-refractivity contribution in [1.82, 2.24) is 10.2 Å². The second-order valence-corrected chi connectivity index (χ2v) is 7.46. The van der Waals surface area contributed by atoms with Crippen LogP contribution in [0.3, 0.4) is 0 Å². The molecule has 1 aromatic heterocycles. The normalized spacial score (nSPS) is 10.9. The SMILES string of the molecule is CN(Cc1ccco1)C(=O)COC(=O)c1ccc(CNC(=O)OC(C)(C)C)cc1. The Morgan fingerprint density at radius 3 is 2.38 bits per heavy atom. The Kier molecular flexibility index (Phi) is 7.41. The molecule has 2 rings (SSSR count). The molecule has 2 aromatic rings. The fourth-order valence-corrected chi connectivity index (χ4v) is 2.29. The number of carbonyl (C=O) groups excluding carboxylic acids is 3. The lowest BCUT2D eigenvalue weighted by Gasteiger charge is -2.19. The van der Waals surface area contributed by atoms with Crippen LogP contribution in [0.15, 0.2) is 47.1 Å². The Hall–Kier alpha value is -3.29. The minimum Gasteiger partial charge on any atom is -0.467 e. The standard InChI is InChI=1S/C21H26N2O6/c1-21(2,3)29-20(26)22-12-15-7-9-16(10-8-15)19(25)28-14-18(24)23(4)13-17-6-5-11-27-17/h5-11H,12-14H2,1-4H3,(H,22,26). The molecule has 8 nitrogen and oxygen atoms in total. The zero-order chi connectivity index (χ0) is 21.4. The van der Waals surface area contributed by atoms with Crippen LogP contribution in [0.1, 0.15) is 42.5 Å². The van der Waals surface area contributed by atoms with Crippen LogP contribution in [-0.2, 0) is 27.4 Å². The summed E-state index contributed by atoms with van der Waals surface area (Å²) in [6.07, 6.45) is 1.01. The highest BCUT2D eigenvalue weighted by atomic mass is 16.6. The van der Waals surface area contributed by atoms with Crippen LogP contribution in [-0.4, -0.2) is 42.1 Å². The summed E-state index contributed by atoms with van der Waals surface area (Å²) < 4.78 is 15.4. The number of hydrogen-bond donors (Lipinski definition) is 1. The van der Waals surface area contributed by atoms with E-state index in [0.717, 1.165) is 5.56 Å². The van der Waals surface area contributed by atoms with Gasteiger partial charge in [0.2, 0.25) is 0 Å². The number of hydrogen-bond acceptors (Lipinski definition) is 6. The van der Waals surface area contributed by atoms with Gasteiger partial charge in [0.1, 0.15) is 11.4 Å². The van der Waals surface area contributed by atoms with E-state index in [9.17, 15) is 14.4 Å². The molecule has 0 atom stereocenters. The highest BCUT2D eigenvalue weighted by molar-refractivity contribution is 5.91. The largest absolute Gasteiger partial charge is 0.467 e. The lowest BCUT2D eigenvalue weighted by molar-refractivity contribution is -0.133. The summed E-state index contributed by atoms with van der Waals surface area (Å²) in [6, 6.07) is 10.0. The van der Waals surface area contributed by atoms with Crippen molar-refractivity contribution >= 4 is 18.0 Å². The third-order valence-electron chi connectivity index (χ3n) is 3.75. The number of rotatable bonds is 7. The molecule has 156 valence electrons. The molecule has 1 aromatic carbocycles. The van der Waals surface area contributed by atoms with Crippen molar-refractivity contribution in [3.8, 4) is 0 Å². The van der Waals surface area contributed by atoms with Gasteiger partial charge in [-0.15, -0.1) is 0 Å². The molecule has 2 amide bonds. The monoisotopic (exact) mass is 402 g/mol. The summed E-state index contributed by atoms with van der Waals surface area (Å²) in [7, 11) is 1.60. The maximum atomic E-state index is 12.1. The lowest BCUT2D eigenvalue weighted by Crippen LogP contribution is -2.32. The van der Waals surface area contributed by atoms with Gasteiger partial charge in [0.25, 0.3) is 5.91 Å². The topological polar surface area (TPSA) is 98.1 Å². The van der Waals surface area contributed by atoms with Gasteiger partial charge in [-0.05, 0) is 50.6 Å². The first-order valence-corrected chi connectivity index (χ1v) is 9.13. The smallest absolute Gasteiger partial charge is 0.407 e. The molecule has 1 N–H and O–H groups in total. The third-order valence-corrected chi connectivity index (χ3v) is 3.75. The number of carbonyl (C=O) groups is 3. The molecule has 0 unspecified atom stereocenters. The van der Waals surface area contributed by atoms with Gasteiger partial charge in [-0.25, -0.2) is 9.59 Å². The predicted octanol–water partition coefficient (Wildman–Crippen LogP) is 3.12. The fraction of sp³-hybridized carbons (Fsp3) is 0.381. The second kappa shape index (κ2) is 9.77. The maximum absolute atomic E-state index is 12.1. The van der Waals surface area contributed by atoms with Gasteiger partial charge in [-0.2, -0.15) is 0 Å². The molecule has 0 saturated carbocycles. The molecule has 0 aliphatic rings. The summed E-state index contributed by atoms with van der Waals surface area (Å²) in [4.78, 5) is 37.3. The van der Waals surface area contributed by atoms with Crippen molar-refractivity contribution in [3.63, 3.8) is 0 Å². The number of ether oxygens (including phenoxy) is 2. The molecule has 1 heterocycles. The number of likely N-dealkylation sites (N-methyl/N-ethyl adjacent to an activating group) is 1. The van der Waals surface area contributed by atoms with E-state index in [2.05, 4.69) is 5.32 Å². The van der Waals surface area contributed by atoms with Crippen molar-refractivity contribution < 1.29 is 28.3 Å². The number of benzene rings is 1. The number of amides is 2. The van der Waals surface area contributed by atoms with Crippen molar-refractivity contribution in [3.05, 3.63) is 59.5 Å². The Bertz CT molecular complexity index is 822. The third kappa shape index (κ3) is 7.69. The molecule has 29 heavy (non-hydrogen) atoms. The molecule has 0 aliphatic carbocycles. The molecular weight excluding hydrogens is 376 g/mol. The Labute approximate surface area is 169 Å². The summed E-state index contributed by atoms with van der Waals surface area (Å²) >= 11 is 0. The number of nitrogens with one attached hydrogen (secondary N) is 1. The van der Waals surface area contributed by atoms with Gasteiger partial charge in [-0.3, -0.25) is 4.79 Å².